The fourth-order valence-electron chi connectivity index (χ4n) is 4.37. The van der Waals surface area contributed by atoms with E-state index in [2.05, 4.69) is 28.9 Å². The van der Waals surface area contributed by atoms with Gasteiger partial charge in [-0.2, -0.15) is 0 Å². The number of hydrogen-bond acceptors (Lipinski definition) is 3. The molecule has 1 saturated heterocycles. The van der Waals surface area contributed by atoms with Crippen molar-refractivity contribution in [3.8, 4) is 11.8 Å². The molecule has 1 atom stereocenters. The van der Waals surface area contributed by atoms with E-state index in [1.165, 1.54) is 24.3 Å². The number of halogens is 1. The Morgan fingerprint density at radius 3 is 2.64 bits per heavy atom. The van der Waals surface area contributed by atoms with E-state index in [1.54, 1.807) is 18.2 Å². The van der Waals surface area contributed by atoms with Gasteiger partial charge in [-0.05, 0) is 74.2 Å². The maximum Gasteiger partial charge on any atom is 0.308 e. The molecule has 0 amide bonds. The van der Waals surface area contributed by atoms with Gasteiger partial charge in [-0.3, -0.25) is 9.69 Å². The molecule has 2 aliphatic rings. The van der Waals surface area contributed by atoms with Crippen molar-refractivity contribution >= 4 is 5.97 Å². The summed E-state index contributed by atoms with van der Waals surface area (Å²) in [5.74, 6) is 5.71. The van der Waals surface area contributed by atoms with Gasteiger partial charge in [0.25, 0.3) is 0 Å². The van der Waals surface area contributed by atoms with Crippen LogP contribution in [0.15, 0.2) is 42.5 Å². The zero-order valence-electron chi connectivity index (χ0n) is 16.1. The third-order valence-corrected chi connectivity index (χ3v) is 5.91. The van der Waals surface area contributed by atoms with Crippen molar-refractivity contribution in [2.75, 3.05) is 20.2 Å². The monoisotopic (exact) mass is 377 g/mol. The van der Waals surface area contributed by atoms with Crippen molar-refractivity contribution in [2.24, 2.45) is 5.92 Å². The summed E-state index contributed by atoms with van der Waals surface area (Å²) in [4.78, 5) is 14.2. The van der Waals surface area contributed by atoms with Crippen molar-refractivity contribution in [1.82, 2.24) is 4.90 Å². The van der Waals surface area contributed by atoms with Crippen LogP contribution in [0.1, 0.15) is 47.6 Å². The van der Waals surface area contributed by atoms with Crippen LogP contribution in [0.2, 0.25) is 0 Å². The van der Waals surface area contributed by atoms with Crippen LogP contribution < -0.4 is 0 Å². The number of fused-ring (bicyclic) bond motifs is 1. The molecule has 1 unspecified atom stereocenters. The number of carbonyl (C=O) groups is 1. The third kappa shape index (κ3) is 3.81. The third-order valence-electron chi connectivity index (χ3n) is 5.91. The molecule has 1 fully saturated rings. The molecule has 0 saturated carbocycles. The molecule has 0 aromatic heterocycles. The predicted octanol–water partition coefficient (Wildman–Crippen LogP) is 4.10. The molecule has 1 aliphatic carbocycles. The van der Waals surface area contributed by atoms with E-state index in [-0.39, 0.29) is 17.7 Å². The topological polar surface area (TPSA) is 29.5 Å². The van der Waals surface area contributed by atoms with Gasteiger partial charge in [0.1, 0.15) is 5.82 Å². The van der Waals surface area contributed by atoms with Crippen molar-refractivity contribution in [3.63, 3.8) is 0 Å². The lowest BCUT2D eigenvalue weighted by atomic mass is 9.94. The fraction of sp³-hybridized carbons (Fsp3) is 0.375. The molecule has 0 radical (unpaired) electrons. The number of likely N-dealkylation sites (tertiary alicyclic amines) is 1. The molecule has 4 rings (SSSR count). The molecule has 4 heteroatoms. The second kappa shape index (κ2) is 8.16. The molecular weight excluding hydrogens is 353 g/mol. The molecule has 2 aromatic carbocycles. The summed E-state index contributed by atoms with van der Waals surface area (Å²) < 4.78 is 18.6. The lowest BCUT2D eigenvalue weighted by Gasteiger charge is -2.35. The molecule has 0 N–H and O–H groups in total. The van der Waals surface area contributed by atoms with Gasteiger partial charge in [0, 0.05) is 11.6 Å². The number of carbonyl (C=O) groups excluding carboxylic acids is 1. The first kappa shape index (κ1) is 18.7. The maximum atomic E-state index is 13.7. The highest BCUT2D eigenvalue weighted by Gasteiger charge is 2.33. The van der Waals surface area contributed by atoms with Crippen LogP contribution in [0, 0.1) is 23.6 Å². The maximum absolute atomic E-state index is 13.7. The molecular formula is C24H24FNO2. The van der Waals surface area contributed by atoms with Crippen LogP contribution in [0.4, 0.5) is 4.39 Å². The Kier molecular flexibility index (Phi) is 5.45. The van der Waals surface area contributed by atoms with Gasteiger partial charge in [0.2, 0.25) is 0 Å². The summed E-state index contributed by atoms with van der Waals surface area (Å²) >= 11 is 0. The van der Waals surface area contributed by atoms with Gasteiger partial charge in [-0.15, -0.1) is 0 Å². The highest BCUT2D eigenvalue weighted by atomic mass is 19.1. The van der Waals surface area contributed by atoms with Gasteiger partial charge < -0.3 is 4.74 Å². The molecule has 1 heterocycles. The Labute approximate surface area is 165 Å². The fourth-order valence-corrected chi connectivity index (χ4v) is 4.37. The average molecular weight is 377 g/mol. The largest absolute Gasteiger partial charge is 0.469 e. The van der Waals surface area contributed by atoms with E-state index in [4.69, 9.17) is 4.74 Å². The SMILES string of the molecule is COC(=O)C1CCN(C2CCc3cc(C#Cc4ccccc4F)ccc32)CC1. The zero-order valence-corrected chi connectivity index (χ0v) is 16.1. The Morgan fingerprint density at radius 2 is 1.89 bits per heavy atom. The minimum Gasteiger partial charge on any atom is -0.469 e. The molecule has 144 valence electrons. The Hall–Kier alpha value is -2.64. The lowest BCUT2D eigenvalue weighted by molar-refractivity contribution is -0.147. The Balaban J connectivity index is 1.46. The zero-order chi connectivity index (χ0) is 19.5. The van der Waals surface area contributed by atoms with Crippen molar-refractivity contribution in [2.45, 2.75) is 31.7 Å². The van der Waals surface area contributed by atoms with E-state index in [0.717, 1.165) is 44.3 Å². The summed E-state index contributed by atoms with van der Waals surface area (Å²) in [6.45, 7) is 1.86. The van der Waals surface area contributed by atoms with Crippen LogP contribution in [-0.2, 0) is 16.0 Å². The van der Waals surface area contributed by atoms with Crippen molar-refractivity contribution in [3.05, 3.63) is 70.5 Å². The number of aryl methyl sites for hydroxylation is 1. The first-order chi connectivity index (χ1) is 13.7. The number of piperidine rings is 1. The quantitative estimate of drug-likeness (QED) is 0.583. The summed E-state index contributed by atoms with van der Waals surface area (Å²) in [5.41, 5.74) is 4.05. The first-order valence-electron chi connectivity index (χ1n) is 9.87. The van der Waals surface area contributed by atoms with Gasteiger partial charge in [0.15, 0.2) is 0 Å². The van der Waals surface area contributed by atoms with E-state index >= 15 is 0 Å². The Bertz CT molecular complexity index is 935. The predicted molar refractivity (Wildman–Crippen MR) is 106 cm³/mol. The molecule has 3 nitrogen and oxygen atoms in total. The van der Waals surface area contributed by atoms with Crippen LogP contribution in [0.3, 0.4) is 0 Å². The van der Waals surface area contributed by atoms with Crippen molar-refractivity contribution < 1.29 is 13.9 Å². The van der Waals surface area contributed by atoms with E-state index in [0.29, 0.717) is 11.6 Å². The van der Waals surface area contributed by atoms with Crippen LogP contribution in [-0.4, -0.2) is 31.1 Å². The highest BCUT2D eigenvalue weighted by molar-refractivity contribution is 5.72. The molecule has 28 heavy (non-hydrogen) atoms. The lowest BCUT2D eigenvalue weighted by Crippen LogP contribution is -2.38. The highest BCUT2D eigenvalue weighted by Crippen LogP contribution is 2.38. The number of benzene rings is 2. The second-order valence-electron chi connectivity index (χ2n) is 7.53. The molecule has 1 aliphatic heterocycles. The summed E-state index contributed by atoms with van der Waals surface area (Å²) in [7, 11) is 1.47. The molecule has 0 spiro atoms. The van der Waals surface area contributed by atoms with Gasteiger partial charge >= 0.3 is 5.97 Å². The number of rotatable bonds is 2. The number of ether oxygens (including phenoxy) is 1. The summed E-state index contributed by atoms with van der Waals surface area (Å²) in [5, 5.41) is 0. The van der Waals surface area contributed by atoms with Crippen LogP contribution in [0.5, 0.6) is 0 Å². The van der Waals surface area contributed by atoms with Gasteiger partial charge in [0.05, 0.1) is 18.6 Å². The number of methoxy groups -OCH3 is 1. The van der Waals surface area contributed by atoms with E-state index in [1.807, 2.05) is 6.07 Å². The normalized spacial score (nSPS) is 19.6. The smallest absolute Gasteiger partial charge is 0.308 e. The summed E-state index contributed by atoms with van der Waals surface area (Å²) in [6, 6.07) is 13.4. The minimum absolute atomic E-state index is 0.0400. The standard InChI is InChI=1S/C24H24FNO2/c1-28-24(27)19-12-14-26(15-13-19)23-11-9-20-16-17(7-10-21(20)23)6-8-18-4-2-3-5-22(18)25/h2-5,7,10,16,19,23H,9,11-15H2,1H3. The van der Waals surface area contributed by atoms with Gasteiger partial charge in [-0.25, -0.2) is 4.39 Å². The number of nitrogens with zero attached hydrogens (tertiary/aromatic N) is 1. The minimum atomic E-state index is -0.286. The van der Waals surface area contributed by atoms with E-state index < -0.39 is 0 Å². The number of hydrogen-bond donors (Lipinski definition) is 0. The van der Waals surface area contributed by atoms with Crippen LogP contribution in [0.25, 0.3) is 0 Å². The van der Waals surface area contributed by atoms with Crippen LogP contribution >= 0.6 is 0 Å². The first-order valence-corrected chi connectivity index (χ1v) is 9.87. The molecule has 2 aromatic rings. The van der Waals surface area contributed by atoms with Gasteiger partial charge in [-0.1, -0.05) is 30.0 Å². The van der Waals surface area contributed by atoms with Crippen molar-refractivity contribution in [1.29, 1.82) is 0 Å². The second-order valence-corrected chi connectivity index (χ2v) is 7.53. The Morgan fingerprint density at radius 1 is 1.11 bits per heavy atom. The van der Waals surface area contributed by atoms with E-state index in [9.17, 15) is 9.18 Å². The molecule has 0 bridgehead atoms. The average Bonchev–Trinajstić information content (AvgIpc) is 3.16. The summed E-state index contributed by atoms with van der Waals surface area (Å²) in [6.07, 6.45) is 3.87. The number of esters is 1.